The van der Waals surface area contributed by atoms with Crippen LogP contribution in [0.4, 0.5) is 0 Å². The van der Waals surface area contributed by atoms with Crippen molar-refractivity contribution in [1.29, 1.82) is 0 Å². The third kappa shape index (κ3) is 4.31. The average molecular weight is 436 g/mol. The fraction of sp³-hybridized carbons (Fsp3) is 0.857. The molecule has 0 aliphatic heterocycles. The molecule has 1 aromatic rings. The van der Waals surface area contributed by atoms with Crippen molar-refractivity contribution in [3.05, 3.63) is 22.5 Å². The van der Waals surface area contributed by atoms with Crippen molar-refractivity contribution >= 4 is 9.39 Å². The summed E-state index contributed by atoms with van der Waals surface area (Å²) < 4.78 is 2.62. The van der Waals surface area contributed by atoms with Crippen LogP contribution in [-0.2, 0) is 21.7 Å². The molecule has 1 heterocycles. The molecule has 30 heavy (non-hydrogen) atoms. The Kier molecular flexibility index (Phi) is 9.34. The summed E-state index contributed by atoms with van der Waals surface area (Å²) in [7, 11) is 3.21. The van der Waals surface area contributed by atoms with E-state index < -0.39 is 0 Å². The van der Waals surface area contributed by atoms with Crippen molar-refractivity contribution in [2.24, 2.45) is 0 Å². The molecule has 1 unspecified atom stereocenters. The Morgan fingerprint density at radius 1 is 0.467 bits per heavy atom. The molecule has 1 nitrogen and oxygen atoms in total. The minimum absolute atomic E-state index is 0.195. The van der Waals surface area contributed by atoms with Gasteiger partial charge in [-0.15, -0.1) is 0 Å². The van der Waals surface area contributed by atoms with E-state index in [0.29, 0.717) is 0 Å². The third-order valence-corrected chi connectivity index (χ3v) is 10.3. The summed E-state index contributed by atoms with van der Waals surface area (Å²) in [5, 5.41) is 0. The lowest BCUT2D eigenvalue weighted by atomic mass is 9.63. The first-order valence-electron chi connectivity index (χ1n) is 12.9. The topological polar surface area (TPSA) is 4.93 Å². The van der Waals surface area contributed by atoms with Crippen LogP contribution in [0.5, 0.6) is 0 Å². The second-order valence-corrected chi connectivity index (χ2v) is 11.4. The second-order valence-electron chi connectivity index (χ2n) is 10.9. The van der Waals surface area contributed by atoms with Gasteiger partial charge in [0.25, 0.3) is 0 Å². The Morgan fingerprint density at radius 3 is 0.833 bits per heavy atom. The van der Waals surface area contributed by atoms with Gasteiger partial charge in [-0.3, -0.25) is 0 Å². The molecule has 0 saturated carbocycles. The molecule has 0 saturated heterocycles. The van der Waals surface area contributed by atoms with Gasteiger partial charge in [0.15, 0.2) is 0 Å². The molecular weight excluding hydrogens is 381 g/mol. The monoisotopic (exact) mass is 435 g/mol. The Balaban J connectivity index is 4.44. The van der Waals surface area contributed by atoms with Gasteiger partial charge in [-0.05, 0) is 82.7 Å². The number of rotatable bonds is 12. The molecule has 1 aromatic heterocycles. The number of aromatic nitrogens is 1. The summed E-state index contributed by atoms with van der Waals surface area (Å²) in [5.74, 6) is 0. The van der Waals surface area contributed by atoms with E-state index in [4.69, 9.17) is 0 Å². The zero-order valence-electron chi connectivity index (χ0n) is 22.7. The minimum Gasteiger partial charge on any atom is -0.332 e. The van der Waals surface area contributed by atoms with Gasteiger partial charge < -0.3 is 4.34 Å². The molecule has 0 N–H and O–H groups in total. The second kappa shape index (κ2) is 10.1. The van der Waals surface area contributed by atoms with E-state index >= 15 is 0 Å². The van der Waals surface area contributed by atoms with Gasteiger partial charge >= 0.3 is 0 Å². The summed E-state index contributed by atoms with van der Waals surface area (Å²) in [6.07, 6.45) is 9.50. The molecule has 0 spiro atoms. The molecule has 0 fully saturated rings. The van der Waals surface area contributed by atoms with E-state index in [-0.39, 0.29) is 21.7 Å². The van der Waals surface area contributed by atoms with Crippen molar-refractivity contribution in [3.63, 3.8) is 0 Å². The summed E-state index contributed by atoms with van der Waals surface area (Å²) in [5.41, 5.74) is 7.42. The highest BCUT2D eigenvalue weighted by Gasteiger charge is 2.46. The van der Waals surface area contributed by atoms with E-state index in [0.717, 1.165) is 0 Å². The molecule has 0 bridgehead atoms. The van der Waals surface area contributed by atoms with Gasteiger partial charge in [0.2, 0.25) is 0 Å². The zero-order chi connectivity index (χ0) is 23.5. The van der Waals surface area contributed by atoms with E-state index in [9.17, 15) is 0 Å². The standard InChI is InChI=1S/C28H54NP/c1-13-25(9,14-2)21-22(26(10,15-3)16-4)24(28(12,19-7)20-8)29(30)23(21)27(11,17-5)18-6/h13-20,30H2,1-12H3. The normalized spacial score (nSPS) is 13.9. The molecule has 0 aliphatic rings. The summed E-state index contributed by atoms with van der Waals surface area (Å²) in [6, 6.07) is 0. The SMILES string of the molecule is CCC(C)(CC)c1c(C(C)(CC)CC)c(C(C)(CC)CC)n(P)c1C(C)(CC)CC. The average Bonchev–Trinajstić information content (AvgIpc) is 3.11. The smallest absolute Gasteiger partial charge is 0.0309 e. The van der Waals surface area contributed by atoms with Crippen molar-refractivity contribution in [2.45, 2.75) is 156 Å². The predicted molar refractivity (Wildman–Crippen MR) is 141 cm³/mol. The van der Waals surface area contributed by atoms with Gasteiger partial charge in [-0.2, -0.15) is 0 Å². The van der Waals surface area contributed by atoms with Crippen LogP contribution in [-0.4, -0.2) is 4.34 Å². The molecule has 176 valence electrons. The Hall–Kier alpha value is -0.290. The quantitative estimate of drug-likeness (QED) is 0.288. The van der Waals surface area contributed by atoms with Crippen molar-refractivity contribution in [2.75, 3.05) is 0 Å². The maximum Gasteiger partial charge on any atom is 0.0309 e. The maximum absolute atomic E-state index is 3.21. The van der Waals surface area contributed by atoms with Gasteiger partial charge in [0.1, 0.15) is 0 Å². The number of hydrogen-bond donors (Lipinski definition) is 0. The first-order valence-corrected chi connectivity index (χ1v) is 13.5. The molecule has 0 amide bonds. The maximum atomic E-state index is 3.21. The van der Waals surface area contributed by atoms with Crippen LogP contribution in [0, 0.1) is 0 Å². The molecular formula is C28H54NP. The largest absolute Gasteiger partial charge is 0.332 e. The molecule has 0 aliphatic carbocycles. The summed E-state index contributed by atoms with van der Waals surface area (Å²) in [4.78, 5) is 0. The lowest BCUT2D eigenvalue weighted by Crippen LogP contribution is -2.33. The van der Waals surface area contributed by atoms with Gasteiger partial charge in [-0.25, -0.2) is 0 Å². The highest BCUT2D eigenvalue weighted by molar-refractivity contribution is 7.14. The Morgan fingerprint density at radius 2 is 0.667 bits per heavy atom. The first-order chi connectivity index (χ1) is 13.9. The highest BCUT2D eigenvalue weighted by atomic mass is 31.0. The predicted octanol–water partition coefficient (Wildman–Crippen LogP) is 9.44. The summed E-state index contributed by atoms with van der Waals surface area (Å²) in [6.45, 7) is 29.3. The Bertz CT molecular complexity index is 622. The van der Waals surface area contributed by atoms with Crippen molar-refractivity contribution in [3.8, 4) is 0 Å². The number of nitrogens with zero attached hydrogens (tertiary/aromatic N) is 1. The first kappa shape index (κ1) is 27.7. The van der Waals surface area contributed by atoms with Crippen LogP contribution in [0.3, 0.4) is 0 Å². The van der Waals surface area contributed by atoms with Crippen LogP contribution in [0.15, 0.2) is 0 Å². The summed E-state index contributed by atoms with van der Waals surface area (Å²) >= 11 is 0. The third-order valence-electron chi connectivity index (χ3n) is 9.80. The molecule has 1 atom stereocenters. The van der Waals surface area contributed by atoms with Crippen LogP contribution in [0.25, 0.3) is 0 Å². The van der Waals surface area contributed by atoms with Crippen LogP contribution in [0.2, 0.25) is 0 Å². The molecule has 0 aromatic carbocycles. The van der Waals surface area contributed by atoms with Gasteiger partial charge in [0.05, 0.1) is 0 Å². The molecule has 1 rings (SSSR count). The van der Waals surface area contributed by atoms with E-state index in [1.165, 1.54) is 51.4 Å². The van der Waals surface area contributed by atoms with Crippen molar-refractivity contribution < 1.29 is 0 Å². The van der Waals surface area contributed by atoms with Crippen LogP contribution in [0.1, 0.15) is 157 Å². The fourth-order valence-corrected chi connectivity index (χ4v) is 6.21. The zero-order valence-corrected chi connectivity index (χ0v) is 23.8. The van der Waals surface area contributed by atoms with Crippen molar-refractivity contribution in [1.82, 2.24) is 4.34 Å². The van der Waals surface area contributed by atoms with E-state index in [1.54, 1.807) is 22.5 Å². The lowest BCUT2D eigenvalue weighted by molar-refractivity contribution is 0.365. The van der Waals surface area contributed by atoms with Gasteiger partial charge in [0, 0.05) is 22.2 Å². The highest BCUT2D eigenvalue weighted by Crippen LogP contribution is 2.54. The molecule has 2 heteroatoms. The minimum atomic E-state index is 0.195. The van der Waals surface area contributed by atoms with Gasteiger partial charge in [-0.1, -0.05) is 83.1 Å². The van der Waals surface area contributed by atoms with Crippen LogP contribution >= 0.6 is 9.39 Å². The number of hydrogen-bond acceptors (Lipinski definition) is 0. The fourth-order valence-electron chi connectivity index (χ4n) is 5.33. The van der Waals surface area contributed by atoms with E-state index in [2.05, 4.69) is 96.8 Å². The molecule has 0 radical (unpaired) electrons. The lowest BCUT2D eigenvalue weighted by Gasteiger charge is -2.40. The Labute approximate surface area is 192 Å². The van der Waals surface area contributed by atoms with E-state index in [1.807, 2.05) is 0 Å². The van der Waals surface area contributed by atoms with Crippen LogP contribution < -0.4 is 0 Å².